The molecule has 214 valence electrons. The molecule has 0 aromatic heterocycles. The predicted molar refractivity (Wildman–Crippen MR) is 154 cm³/mol. The summed E-state index contributed by atoms with van der Waals surface area (Å²) in [7, 11) is 0. The molecule has 2 fully saturated rings. The van der Waals surface area contributed by atoms with Gasteiger partial charge in [0.1, 0.15) is 23.7 Å². The number of nitrogens with zero attached hydrogens (tertiary/aromatic N) is 3. The topological polar surface area (TPSA) is 82.1 Å². The van der Waals surface area contributed by atoms with E-state index < -0.39 is 41.8 Å². The highest BCUT2D eigenvalue weighted by atomic mass is 35.5. The van der Waals surface area contributed by atoms with Crippen molar-refractivity contribution in [2.45, 2.75) is 37.8 Å². The van der Waals surface area contributed by atoms with E-state index in [0.717, 1.165) is 41.0 Å². The number of benzene rings is 3. The number of carbonyl (C=O) groups excluding carboxylic acids is 3. The van der Waals surface area contributed by atoms with Gasteiger partial charge in [0.2, 0.25) is 0 Å². The second-order valence-corrected chi connectivity index (χ2v) is 11.3. The van der Waals surface area contributed by atoms with E-state index in [0.29, 0.717) is 16.1 Å². The summed E-state index contributed by atoms with van der Waals surface area (Å²) in [5, 5.41) is 9.29. The Labute approximate surface area is 246 Å². The van der Waals surface area contributed by atoms with Crippen LogP contribution in [0.15, 0.2) is 83.5 Å². The number of carbonyl (C=O) groups is 3. The minimum Gasteiger partial charge on any atom is -0.319 e. The molecule has 0 spiro atoms. The molecule has 0 bridgehead atoms. The Morgan fingerprint density at radius 2 is 1.67 bits per heavy atom. The Morgan fingerprint density at radius 1 is 1.02 bits per heavy atom. The molecule has 3 aromatic rings. The van der Waals surface area contributed by atoms with Crippen molar-refractivity contribution in [3.8, 4) is 0 Å². The summed E-state index contributed by atoms with van der Waals surface area (Å²) >= 11 is 6.00. The number of imide groups is 1. The Kier molecular flexibility index (Phi) is 7.14. The standard InChI is InChI=1S/C32H27ClF2N4O3/c1-32(22-9-11-23(33)12-10-22)30(41)38(31(42)36-32)18-27(40)39-29(20-7-15-25(35)16-8-20)26-4-2-3-21(28(26)37-39)17-19-5-13-24(34)14-6-19/h5-17,26,29H,2-4,18H2,1H3,(H,36,42)/b21-17-/t26-,29-,32+/m0/s1. The molecule has 7 nitrogen and oxygen atoms in total. The molecule has 3 aromatic carbocycles. The van der Waals surface area contributed by atoms with Crippen LogP contribution in [0.3, 0.4) is 0 Å². The zero-order valence-corrected chi connectivity index (χ0v) is 23.4. The van der Waals surface area contributed by atoms with Gasteiger partial charge in [-0.05, 0) is 90.9 Å². The molecule has 1 saturated heterocycles. The van der Waals surface area contributed by atoms with E-state index in [-0.39, 0.29) is 11.7 Å². The summed E-state index contributed by atoms with van der Waals surface area (Å²) in [6.45, 7) is 1.06. The smallest absolute Gasteiger partial charge is 0.319 e. The molecule has 2 heterocycles. The number of allylic oxidation sites excluding steroid dienone is 1. The first-order chi connectivity index (χ1) is 20.1. The maximum atomic E-state index is 13.9. The van der Waals surface area contributed by atoms with Crippen LogP contribution in [0.25, 0.3) is 6.08 Å². The van der Waals surface area contributed by atoms with Gasteiger partial charge in [0.25, 0.3) is 11.8 Å². The van der Waals surface area contributed by atoms with Crippen LogP contribution in [0.4, 0.5) is 13.6 Å². The average Bonchev–Trinajstić information content (AvgIpc) is 3.47. The van der Waals surface area contributed by atoms with Crippen LogP contribution in [-0.2, 0) is 15.1 Å². The van der Waals surface area contributed by atoms with Crippen molar-refractivity contribution in [3.05, 3.63) is 112 Å². The van der Waals surface area contributed by atoms with Crippen LogP contribution >= 0.6 is 11.6 Å². The van der Waals surface area contributed by atoms with Crippen LogP contribution in [0, 0.1) is 17.6 Å². The Bertz CT molecular complexity index is 1620. The van der Waals surface area contributed by atoms with E-state index in [1.165, 1.54) is 29.3 Å². The van der Waals surface area contributed by atoms with Gasteiger partial charge in [-0.1, -0.05) is 48.0 Å². The van der Waals surface area contributed by atoms with Gasteiger partial charge in [0.15, 0.2) is 0 Å². The quantitative estimate of drug-likeness (QED) is 0.360. The molecule has 1 N–H and O–H groups in total. The number of rotatable bonds is 5. The lowest BCUT2D eigenvalue weighted by atomic mass is 9.77. The molecule has 42 heavy (non-hydrogen) atoms. The normalized spacial score (nSPS) is 24.6. The number of hydrogen-bond donors (Lipinski definition) is 1. The third-order valence-corrected chi connectivity index (χ3v) is 8.42. The lowest BCUT2D eigenvalue weighted by molar-refractivity contribution is -0.140. The summed E-state index contributed by atoms with van der Waals surface area (Å²) in [4.78, 5) is 41.3. The number of halogens is 3. The SMILES string of the molecule is C[C@]1(c2ccc(Cl)cc2)NC(=O)N(CC(=O)N2N=C3/C(=C\c4ccc(F)cc4)CCC[C@@H]3[C@@H]2c2ccc(F)cc2)C1=O. The molecule has 10 heteroatoms. The third kappa shape index (κ3) is 4.98. The second kappa shape index (κ2) is 10.8. The Morgan fingerprint density at radius 3 is 2.33 bits per heavy atom. The van der Waals surface area contributed by atoms with Gasteiger partial charge in [-0.25, -0.2) is 18.6 Å². The minimum atomic E-state index is -1.37. The second-order valence-electron chi connectivity index (χ2n) is 10.9. The summed E-state index contributed by atoms with van der Waals surface area (Å²) in [5.74, 6) is -2.03. The third-order valence-electron chi connectivity index (χ3n) is 8.17. The maximum absolute atomic E-state index is 13.9. The average molecular weight is 589 g/mol. The largest absolute Gasteiger partial charge is 0.325 e. The number of hydrogen-bond acceptors (Lipinski definition) is 4. The molecule has 2 aliphatic heterocycles. The van der Waals surface area contributed by atoms with E-state index >= 15 is 0 Å². The fourth-order valence-electron chi connectivity index (χ4n) is 5.99. The summed E-state index contributed by atoms with van der Waals surface area (Å²) in [6, 6.07) is 17.4. The van der Waals surface area contributed by atoms with E-state index in [2.05, 4.69) is 5.32 Å². The van der Waals surface area contributed by atoms with Gasteiger partial charge < -0.3 is 5.32 Å². The van der Waals surface area contributed by atoms with Crippen LogP contribution in [0.5, 0.6) is 0 Å². The van der Waals surface area contributed by atoms with Crippen LogP contribution in [-0.4, -0.2) is 40.0 Å². The number of nitrogens with one attached hydrogen (secondary N) is 1. The molecule has 3 aliphatic rings. The van der Waals surface area contributed by atoms with Gasteiger partial charge >= 0.3 is 6.03 Å². The lowest BCUT2D eigenvalue weighted by Gasteiger charge is -2.30. The zero-order valence-electron chi connectivity index (χ0n) is 22.7. The molecule has 6 rings (SSSR count). The molecular weight excluding hydrogens is 562 g/mol. The first-order valence-electron chi connectivity index (χ1n) is 13.7. The fourth-order valence-corrected chi connectivity index (χ4v) is 6.11. The van der Waals surface area contributed by atoms with E-state index in [1.807, 2.05) is 6.08 Å². The summed E-state index contributed by atoms with van der Waals surface area (Å²) in [6.07, 6.45) is 4.23. The molecule has 4 amide bonds. The van der Waals surface area contributed by atoms with Crippen LogP contribution in [0.2, 0.25) is 5.02 Å². The number of urea groups is 1. The monoisotopic (exact) mass is 588 g/mol. The van der Waals surface area contributed by atoms with Crippen molar-refractivity contribution in [2.75, 3.05) is 6.54 Å². The van der Waals surface area contributed by atoms with Crippen molar-refractivity contribution in [1.29, 1.82) is 0 Å². The van der Waals surface area contributed by atoms with Gasteiger partial charge in [-0.15, -0.1) is 0 Å². The maximum Gasteiger partial charge on any atom is 0.325 e. The first-order valence-corrected chi connectivity index (χ1v) is 14.0. The number of fused-ring (bicyclic) bond motifs is 1. The van der Waals surface area contributed by atoms with Crippen molar-refractivity contribution in [2.24, 2.45) is 11.0 Å². The van der Waals surface area contributed by atoms with Crippen molar-refractivity contribution >= 4 is 41.2 Å². The van der Waals surface area contributed by atoms with Gasteiger partial charge in [0, 0.05) is 10.9 Å². The van der Waals surface area contributed by atoms with Gasteiger partial charge in [-0.2, -0.15) is 5.10 Å². The first kappa shape index (κ1) is 27.8. The van der Waals surface area contributed by atoms with Gasteiger partial charge in [-0.3, -0.25) is 14.5 Å². The van der Waals surface area contributed by atoms with Crippen LogP contribution in [0.1, 0.15) is 48.9 Å². The molecule has 1 aliphatic carbocycles. The van der Waals surface area contributed by atoms with Crippen LogP contribution < -0.4 is 5.32 Å². The summed E-state index contributed by atoms with van der Waals surface area (Å²) < 4.78 is 27.3. The van der Waals surface area contributed by atoms with E-state index in [9.17, 15) is 23.2 Å². The minimum absolute atomic E-state index is 0.178. The number of hydrazone groups is 1. The molecule has 0 unspecified atom stereocenters. The molecule has 3 atom stereocenters. The lowest BCUT2D eigenvalue weighted by Crippen LogP contribution is -2.44. The predicted octanol–water partition coefficient (Wildman–Crippen LogP) is 6.21. The van der Waals surface area contributed by atoms with Crippen molar-refractivity contribution in [1.82, 2.24) is 15.2 Å². The van der Waals surface area contributed by atoms with Crippen molar-refractivity contribution in [3.63, 3.8) is 0 Å². The highest BCUT2D eigenvalue weighted by Crippen LogP contribution is 2.44. The van der Waals surface area contributed by atoms with E-state index in [4.69, 9.17) is 16.7 Å². The Hall–Kier alpha value is -4.37. The number of amides is 4. The van der Waals surface area contributed by atoms with Gasteiger partial charge in [0.05, 0.1) is 11.8 Å². The molecule has 1 saturated carbocycles. The fraction of sp³-hybridized carbons (Fsp3) is 0.250. The summed E-state index contributed by atoms with van der Waals surface area (Å²) in [5.41, 5.74) is 2.31. The van der Waals surface area contributed by atoms with Crippen molar-refractivity contribution < 1.29 is 23.2 Å². The zero-order chi connectivity index (χ0) is 29.6. The van der Waals surface area contributed by atoms with E-state index in [1.54, 1.807) is 55.5 Å². The highest BCUT2D eigenvalue weighted by molar-refractivity contribution is 6.30. The molecular formula is C32H27ClF2N4O3. The Balaban J connectivity index is 1.32. The highest BCUT2D eigenvalue weighted by Gasteiger charge is 2.51. The molecule has 0 radical (unpaired) electrons.